The van der Waals surface area contributed by atoms with E-state index in [2.05, 4.69) is 16.7 Å². The lowest BCUT2D eigenvalue weighted by molar-refractivity contribution is 0.0939. The highest BCUT2D eigenvalue weighted by molar-refractivity contribution is 6.30. The second kappa shape index (κ2) is 8.37. The summed E-state index contributed by atoms with van der Waals surface area (Å²) >= 11 is 5.90. The molecule has 1 atom stereocenters. The molecule has 0 spiro atoms. The summed E-state index contributed by atoms with van der Waals surface area (Å²) in [5.41, 5.74) is 2.81. The normalized spacial score (nSPS) is 11.4. The average Bonchev–Trinajstić information content (AvgIpc) is 2.60. The molecule has 0 aliphatic rings. The van der Waals surface area contributed by atoms with Gasteiger partial charge in [-0.3, -0.25) is 4.79 Å². The number of carbonyl (C=O) groups is 1. The third-order valence-corrected chi connectivity index (χ3v) is 4.00. The molecule has 0 aliphatic carbocycles. The van der Waals surface area contributed by atoms with Crippen LogP contribution in [-0.4, -0.2) is 11.9 Å². The maximum atomic E-state index is 12.2. The Hall–Kier alpha value is -2.51. The molecule has 4 nitrogen and oxygen atoms in total. The number of nitrogens with one attached hydrogen (secondary N) is 2. The van der Waals surface area contributed by atoms with Gasteiger partial charge in [0, 0.05) is 23.2 Å². The van der Waals surface area contributed by atoms with Gasteiger partial charge in [0.1, 0.15) is 6.07 Å². The fourth-order valence-corrected chi connectivity index (χ4v) is 2.36. The van der Waals surface area contributed by atoms with Crippen molar-refractivity contribution in [1.29, 1.82) is 5.26 Å². The van der Waals surface area contributed by atoms with E-state index in [1.54, 1.807) is 24.3 Å². The van der Waals surface area contributed by atoms with Crippen LogP contribution in [-0.2, 0) is 6.54 Å². The van der Waals surface area contributed by atoms with Gasteiger partial charge in [0.25, 0.3) is 5.91 Å². The summed E-state index contributed by atoms with van der Waals surface area (Å²) in [5, 5.41) is 15.9. The third kappa shape index (κ3) is 4.74. The molecule has 2 rings (SSSR count). The molecule has 0 saturated carbocycles. The Labute approximate surface area is 147 Å². The molecular weight excluding hydrogens is 322 g/mol. The largest absolute Gasteiger partial charge is 0.380 e. The number of amides is 1. The molecule has 0 aromatic heterocycles. The first-order valence-electron chi connectivity index (χ1n) is 7.86. The Morgan fingerprint density at radius 3 is 2.79 bits per heavy atom. The molecule has 2 N–H and O–H groups in total. The molecule has 0 fully saturated rings. The fourth-order valence-electron chi connectivity index (χ4n) is 2.19. The number of rotatable bonds is 6. The van der Waals surface area contributed by atoms with E-state index in [0.717, 1.165) is 17.7 Å². The number of nitriles is 1. The van der Waals surface area contributed by atoms with Crippen LogP contribution in [0.1, 0.15) is 41.8 Å². The lowest BCUT2D eigenvalue weighted by Gasteiger charge is -2.13. The van der Waals surface area contributed by atoms with E-state index in [0.29, 0.717) is 22.7 Å². The fraction of sp³-hybridized carbons (Fsp3) is 0.263. The lowest BCUT2D eigenvalue weighted by atomic mass is 10.1. The maximum Gasteiger partial charge on any atom is 0.251 e. The second-order valence-electron chi connectivity index (χ2n) is 5.64. The average molecular weight is 342 g/mol. The van der Waals surface area contributed by atoms with Gasteiger partial charge in [-0.1, -0.05) is 30.7 Å². The van der Waals surface area contributed by atoms with Crippen LogP contribution in [0.25, 0.3) is 0 Å². The van der Waals surface area contributed by atoms with E-state index < -0.39 is 0 Å². The molecule has 0 radical (unpaired) electrons. The van der Waals surface area contributed by atoms with Gasteiger partial charge in [-0.05, 0) is 49.2 Å². The van der Waals surface area contributed by atoms with Crippen molar-refractivity contribution in [1.82, 2.24) is 5.32 Å². The monoisotopic (exact) mass is 341 g/mol. The maximum absolute atomic E-state index is 12.2. The predicted octanol–water partition coefficient (Wildman–Crippen LogP) is 4.35. The molecular formula is C19H20ClN3O. The first kappa shape index (κ1) is 17.8. The van der Waals surface area contributed by atoms with Crippen molar-refractivity contribution in [2.75, 3.05) is 5.32 Å². The van der Waals surface area contributed by atoms with Crippen molar-refractivity contribution < 1.29 is 4.79 Å². The van der Waals surface area contributed by atoms with Crippen molar-refractivity contribution in [3.05, 3.63) is 64.2 Å². The second-order valence-corrected chi connectivity index (χ2v) is 6.07. The van der Waals surface area contributed by atoms with Crippen LogP contribution in [0.15, 0.2) is 42.5 Å². The molecule has 24 heavy (non-hydrogen) atoms. The highest BCUT2D eigenvalue weighted by Gasteiger charge is 2.09. The quantitative estimate of drug-likeness (QED) is 0.820. The van der Waals surface area contributed by atoms with Crippen LogP contribution in [0, 0.1) is 11.3 Å². The molecule has 1 amide bonds. The Kier molecular flexibility index (Phi) is 6.22. The van der Waals surface area contributed by atoms with Crippen LogP contribution in [0.3, 0.4) is 0 Å². The predicted molar refractivity (Wildman–Crippen MR) is 97.2 cm³/mol. The molecule has 0 saturated heterocycles. The molecule has 1 unspecified atom stereocenters. The Morgan fingerprint density at radius 1 is 1.29 bits per heavy atom. The molecule has 5 heteroatoms. The first-order valence-corrected chi connectivity index (χ1v) is 8.24. The van der Waals surface area contributed by atoms with Gasteiger partial charge in [0.05, 0.1) is 11.3 Å². The number of anilines is 1. The summed E-state index contributed by atoms with van der Waals surface area (Å²) in [4.78, 5) is 12.2. The summed E-state index contributed by atoms with van der Waals surface area (Å²) in [6, 6.07) is 14.8. The summed E-state index contributed by atoms with van der Waals surface area (Å²) in [6.07, 6.45) is 0.889. The number of carbonyl (C=O) groups excluding carboxylic acids is 1. The van der Waals surface area contributed by atoms with Crippen LogP contribution in [0.2, 0.25) is 5.02 Å². The number of nitrogens with zero attached hydrogens (tertiary/aromatic N) is 1. The van der Waals surface area contributed by atoms with Gasteiger partial charge < -0.3 is 10.6 Å². The van der Waals surface area contributed by atoms with Crippen molar-refractivity contribution in [3.8, 4) is 6.07 Å². The molecule has 0 heterocycles. The van der Waals surface area contributed by atoms with E-state index in [1.807, 2.05) is 32.0 Å². The van der Waals surface area contributed by atoms with Gasteiger partial charge in [0.15, 0.2) is 0 Å². The van der Waals surface area contributed by atoms with Crippen molar-refractivity contribution >= 4 is 23.2 Å². The summed E-state index contributed by atoms with van der Waals surface area (Å²) in [5.74, 6) is -0.0737. The SMILES string of the molecule is CCC(C)NC(=O)c1cccc(CNc2ccc(Cl)cc2C#N)c1. The summed E-state index contributed by atoms with van der Waals surface area (Å²) in [6.45, 7) is 4.53. The molecule has 2 aromatic rings. The number of halogens is 1. The molecule has 0 aliphatic heterocycles. The topological polar surface area (TPSA) is 64.9 Å². The van der Waals surface area contributed by atoms with E-state index in [9.17, 15) is 4.79 Å². The van der Waals surface area contributed by atoms with E-state index in [4.69, 9.17) is 16.9 Å². The molecule has 124 valence electrons. The van der Waals surface area contributed by atoms with Crippen LogP contribution in [0.5, 0.6) is 0 Å². The smallest absolute Gasteiger partial charge is 0.251 e. The highest BCUT2D eigenvalue weighted by atomic mass is 35.5. The lowest BCUT2D eigenvalue weighted by Crippen LogP contribution is -2.31. The van der Waals surface area contributed by atoms with Crippen LogP contribution < -0.4 is 10.6 Å². The molecule has 2 aromatic carbocycles. The van der Waals surface area contributed by atoms with Crippen molar-refractivity contribution in [2.24, 2.45) is 0 Å². The zero-order valence-electron chi connectivity index (χ0n) is 13.8. The first-order chi connectivity index (χ1) is 11.5. The van der Waals surface area contributed by atoms with Gasteiger partial charge in [0.2, 0.25) is 0 Å². The Bertz CT molecular complexity index is 767. The van der Waals surface area contributed by atoms with Gasteiger partial charge in [-0.25, -0.2) is 0 Å². The minimum absolute atomic E-state index is 0.0737. The number of benzene rings is 2. The zero-order valence-corrected chi connectivity index (χ0v) is 14.5. The summed E-state index contributed by atoms with van der Waals surface area (Å²) in [7, 11) is 0. The van der Waals surface area contributed by atoms with E-state index >= 15 is 0 Å². The summed E-state index contributed by atoms with van der Waals surface area (Å²) < 4.78 is 0. The number of hydrogen-bond acceptors (Lipinski definition) is 3. The standard InChI is InChI=1S/C19H20ClN3O/c1-3-13(2)23-19(24)15-6-4-5-14(9-15)12-22-18-8-7-17(20)10-16(18)11-21/h4-10,13,22H,3,12H2,1-2H3,(H,23,24). The molecule has 0 bridgehead atoms. The third-order valence-electron chi connectivity index (χ3n) is 3.76. The van der Waals surface area contributed by atoms with Crippen LogP contribution in [0.4, 0.5) is 5.69 Å². The minimum atomic E-state index is -0.0737. The zero-order chi connectivity index (χ0) is 17.5. The highest BCUT2D eigenvalue weighted by Crippen LogP contribution is 2.20. The van der Waals surface area contributed by atoms with Gasteiger partial charge in [-0.2, -0.15) is 5.26 Å². The number of hydrogen-bond donors (Lipinski definition) is 2. The van der Waals surface area contributed by atoms with Gasteiger partial charge >= 0.3 is 0 Å². The van der Waals surface area contributed by atoms with Crippen molar-refractivity contribution in [3.63, 3.8) is 0 Å². The van der Waals surface area contributed by atoms with Gasteiger partial charge in [-0.15, -0.1) is 0 Å². The minimum Gasteiger partial charge on any atom is -0.380 e. The van der Waals surface area contributed by atoms with E-state index in [1.165, 1.54) is 0 Å². The Balaban J connectivity index is 2.08. The van der Waals surface area contributed by atoms with Crippen molar-refractivity contribution in [2.45, 2.75) is 32.9 Å². The Morgan fingerprint density at radius 2 is 2.08 bits per heavy atom. The van der Waals surface area contributed by atoms with Crippen LogP contribution >= 0.6 is 11.6 Å². The van der Waals surface area contributed by atoms with E-state index in [-0.39, 0.29) is 11.9 Å².